The fraction of sp³-hybridized carbons (Fsp3) is 0.267. The molecule has 2 heterocycles. The molecule has 6 heteroatoms. The minimum atomic E-state index is 0.643. The molecule has 0 spiro atoms. The van der Waals surface area contributed by atoms with Gasteiger partial charge in [0.2, 0.25) is 5.88 Å². The van der Waals surface area contributed by atoms with Gasteiger partial charge in [-0.25, -0.2) is 0 Å². The van der Waals surface area contributed by atoms with E-state index in [1.165, 1.54) is 0 Å². The normalized spacial score (nSPS) is 11.2. The van der Waals surface area contributed by atoms with E-state index in [1.807, 2.05) is 36.7 Å². The number of aryl methyl sites for hydroxylation is 1. The van der Waals surface area contributed by atoms with Crippen LogP contribution in [0, 0.1) is 6.92 Å². The predicted octanol–water partition coefficient (Wildman–Crippen LogP) is 4.26. The van der Waals surface area contributed by atoms with Gasteiger partial charge in [-0.3, -0.25) is 4.40 Å². The summed E-state index contributed by atoms with van der Waals surface area (Å²) in [6.45, 7) is 5.66. The van der Waals surface area contributed by atoms with Gasteiger partial charge >= 0.3 is 0 Å². The second-order valence-corrected chi connectivity index (χ2v) is 5.99. The quantitative estimate of drug-likeness (QED) is 0.763. The summed E-state index contributed by atoms with van der Waals surface area (Å²) in [5.74, 6) is 1.39. The lowest BCUT2D eigenvalue weighted by atomic mass is 10.2. The average Bonchev–Trinajstić information content (AvgIpc) is 3.02. The molecule has 0 aliphatic heterocycles. The van der Waals surface area contributed by atoms with Gasteiger partial charge in [-0.1, -0.05) is 18.5 Å². The van der Waals surface area contributed by atoms with Crippen LogP contribution in [-0.4, -0.2) is 15.9 Å². The summed E-state index contributed by atoms with van der Waals surface area (Å²) in [4.78, 5) is 5.49. The number of rotatable bonds is 5. The highest BCUT2D eigenvalue weighted by molar-refractivity contribution is 7.15. The predicted molar refractivity (Wildman–Crippen MR) is 86.7 cm³/mol. The number of benzene rings is 1. The van der Waals surface area contributed by atoms with Crippen molar-refractivity contribution in [2.45, 2.75) is 20.4 Å². The van der Waals surface area contributed by atoms with Crippen molar-refractivity contribution in [2.24, 2.45) is 0 Å². The Morgan fingerprint density at radius 1 is 1.43 bits per heavy atom. The Morgan fingerprint density at radius 3 is 3.05 bits per heavy atom. The minimum absolute atomic E-state index is 0.643. The van der Waals surface area contributed by atoms with E-state index in [1.54, 1.807) is 11.3 Å². The fourth-order valence-corrected chi connectivity index (χ4v) is 2.93. The number of aromatic nitrogens is 2. The van der Waals surface area contributed by atoms with Crippen LogP contribution in [0.2, 0.25) is 5.02 Å². The Morgan fingerprint density at radius 2 is 2.29 bits per heavy atom. The lowest BCUT2D eigenvalue weighted by Crippen LogP contribution is -2.13. The maximum atomic E-state index is 6.05. The van der Waals surface area contributed by atoms with Crippen molar-refractivity contribution in [2.75, 3.05) is 6.54 Å². The number of hydrogen-bond acceptors (Lipinski definition) is 4. The van der Waals surface area contributed by atoms with Crippen molar-refractivity contribution in [1.82, 2.24) is 14.7 Å². The first kappa shape index (κ1) is 14.4. The number of hydrogen-bond donors (Lipinski definition) is 1. The van der Waals surface area contributed by atoms with Gasteiger partial charge in [-0.05, 0) is 37.2 Å². The van der Waals surface area contributed by atoms with Crippen LogP contribution in [0.1, 0.15) is 18.2 Å². The van der Waals surface area contributed by atoms with Gasteiger partial charge in [0.15, 0.2) is 4.96 Å². The number of nitrogens with one attached hydrogen (secondary N) is 1. The molecule has 0 saturated heterocycles. The molecule has 0 fully saturated rings. The molecule has 0 amide bonds. The molecule has 3 rings (SSSR count). The Hall–Kier alpha value is -1.56. The number of imidazole rings is 1. The van der Waals surface area contributed by atoms with Crippen LogP contribution in [0.5, 0.6) is 11.6 Å². The molecular weight excluding hydrogens is 306 g/mol. The Balaban J connectivity index is 1.94. The van der Waals surface area contributed by atoms with Crippen molar-refractivity contribution >= 4 is 27.9 Å². The molecule has 1 N–H and O–H groups in total. The summed E-state index contributed by atoms with van der Waals surface area (Å²) in [6, 6.07) is 5.63. The third-order valence-corrected chi connectivity index (χ3v) is 4.39. The lowest BCUT2D eigenvalue weighted by molar-refractivity contribution is 0.455. The highest BCUT2D eigenvalue weighted by Crippen LogP contribution is 2.29. The number of fused-ring (bicyclic) bond motifs is 1. The van der Waals surface area contributed by atoms with Gasteiger partial charge in [0.25, 0.3) is 0 Å². The lowest BCUT2D eigenvalue weighted by Gasteiger charge is -2.08. The van der Waals surface area contributed by atoms with Crippen molar-refractivity contribution in [3.8, 4) is 11.6 Å². The van der Waals surface area contributed by atoms with Crippen LogP contribution in [-0.2, 0) is 6.54 Å². The van der Waals surface area contributed by atoms with Gasteiger partial charge in [0.05, 0.1) is 0 Å². The SMILES string of the molecule is CCNCc1c(Oc2ccc(Cl)c(C)c2)nc2sccn12. The van der Waals surface area contributed by atoms with Crippen molar-refractivity contribution < 1.29 is 4.74 Å². The maximum Gasteiger partial charge on any atom is 0.243 e. The summed E-state index contributed by atoms with van der Waals surface area (Å²) in [7, 11) is 0. The molecule has 3 aromatic rings. The summed E-state index contributed by atoms with van der Waals surface area (Å²) >= 11 is 7.64. The minimum Gasteiger partial charge on any atom is -0.437 e. The van der Waals surface area contributed by atoms with Crippen LogP contribution in [0.25, 0.3) is 4.96 Å². The first-order chi connectivity index (χ1) is 10.2. The van der Waals surface area contributed by atoms with E-state index in [-0.39, 0.29) is 0 Å². The van der Waals surface area contributed by atoms with E-state index in [0.29, 0.717) is 5.88 Å². The van der Waals surface area contributed by atoms with Crippen LogP contribution >= 0.6 is 22.9 Å². The smallest absolute Gasteiger partial charge is 0.243 e. The monoisotopic (exact) mass is 321 g/mol. The molecule has 0 aliphatic rings. The maximum absolute atomic E-state index is 6.05. The zero-order valence-electron chi connectivity index (χ0n) is 11.9. The highest BCUT2D eigenvalue weighted by Gasteiger charge is 2.15. The Bertz CT molecular complexity index is 765. The standard InChI is InChI=1S/C15H16ClN3OS/c1-3-17-9-13-14(18-15-19(13)6-7-21-15)20-11-4-5-12(16)10(2)8-11/h4-8,17H,3,9H2,1-2H3. The molecule has 0 aliphatic carbocycles. The molecular formula is C15H16ClN3OS. The fourth-order valence-electron chi connectivity index (χ4n) is 2.09. The molecule has 4 nitrogen and oxygen atoms in total. The second kappa shape index (κ2) is 6.05. The van der Waals surface area contributed by atoms with E-state index in [4.69, 9.17) is 16.3 Å². The van der Waals surface area contributed by atoms with E-state index in [9.17, 15) is 0 Å². The largest absolute Gasteiger partial charge is 0.437 e. The third kappa shape index (κ3) is 2.90. The van der Waals surface area contributed by atoms with E-state index >= 15 is 0 Å². The average molecular weight is 322 g/mol. The van der Waals surface area contributed by atoms with Gasteiger partial charge in [0.1, 0.15) is 11.4 Å². The van der Waals surface area contributed by atoms with Crippen molar-refractivity contribution in [3.05, 3.63) is 46.1 Å². The molecule has 1 aromatic carbocycles. The summed E-state index contributed by atoms with van der Waals surface area (Å²) in [5.41, 5.74) is 2.02. The van der Waals surface area contributed by atoms with Crippen LogP contribution in [0.4, 0.5) is 0 Å². The van der Waals surface area contributed by atoms with E-state index < -0.39 is 0 Å². The Kier molecular flexibility index (Phi) is 4.14. The number of ether oxygens (including phenoxy) is 1. The first-order valence-corrected chi connectivity index (χ1v) is 8.04. The summed E-state index contributed by atoms with van der Waals surface area (Å²) in [5, 5.41) is 6.08. The summed E-state index contributed by atoms with van der Waals surface area (Å²) < 4.78 is 8.02. The van der Waals surface area contributed by atoms with E-state index in [2.05, 4.69) is 21.6 Å². The van der Waals surface area contributed by atoms with Crippen LogP contribution < -0.4 is 10.1 Å². The van der Waals surface area contributed by atoms with Gasteiger partial charge in [0, 0.05) is 23.1 Å². The highest BCUT2D eigenvalue weighted by atomic mass is 35.5. The zero-order valence-corrected chi connectivity index (χ0v) is 13.5. The molecule has 2 aromatic heterocycles. The molecule has 0 unspecified atom stereocenters. The molecule has 0 radical (unpaired) electrons. The van der Waals surface area contributed by atoms with Crippen molar-refractivity contribution in [1.29, 1.82) is 0 Å². The van der Waals surface area contributed by atoms with Gasteiger partial charge in [-0.15, -0.1) is 11.3 Å². The molecule has 0 saturated carbocycles. The first-order valence-electron chi connectivity index (χ1n) is 6.78. The second-order valence-electron chi connectivity index (χ2n) is 4.71. The molecule has 110 valence electrons. The number of nitrogens with zero attached hydrogens (tertiary/aromatic N) is 2. The van der Waals surface area contributed by atoms with Crippen molar-refractivity contribution in [3.63, 3.8) is 0 Å². The number of thiazole rings is 1. The third-order valence-electron chi connectivity index (χ3n) is 3.21. The summed E-state index contributed by atoms with van der Waals surface area (Å²) in [6.07, 6.45) is 2.01. The van der Waals surface area contributed by atoms with Crippen LogP contribution in [0.3, 0.4) is 0 Å². The topological polar surface area (TPSA) is 38.6 Å². The number of halogens is 1. The Labute approximate surface area is 132 Å². The van der Waals surface area contributed by atoms with Crippen LogP contribution in [0.15, 0.2) is 29.8 Å². The zero-order chi connectivity index (χ0) is 14.8. The molecule has 0 atom stereocenters. The molecule has 21 heavy (non-hydrogen) atoms. The van der Waals surface area contributed by atoms with Gasteiger partial charge < -0.3 is 10.1 Å². The molecule has 0 bridgehead atoms. The van der Waals surface area contributed by atoms with E-state index in [0.717, 1.165) is 40.1 Å². The van der Waals surface area contributed by atoms with Gasteiger partial charge in [-0.2, -0.15) is 4.98 Å².